The van der Waals surface area contributed by atoms with E-state index in [0.717, 1.165) is 6.42 Å². The summed E-state index contributed by atoms with van der Waals surface area (Å²) in [5.74, 6) is 0.608. The number of hydrogen-bond acceptors (Lipinski definition) is 5. The molecule has 0 bridgehead atoms. The molecule has 0 saturated carbocycles. The molecule has 1 unspecified atom stereocenters. The minimum atomic E-state index is -0.439. The van der Waals surface area contributed by atoms with E-state index in [2.05, 4.69) is 4.98 Å². The van der Waals surface area contributed by atoms with Gasteiger partial charge in [0.15, 0.2) is 0 Å². The van der Waals surface area contributed by atoms with Crippen molar-refractivity contribution in [1.29, 1.82) is 0 Å². The third kappa shape index (κ3) is 3.16. The number of aryl methyl sites for hydroxylation is 1. The summed E-state index contributed by atoms with van der Waals surface area (Å²) in [5.41, 5.74) is -0.299. The molecule has 6 nitrogen and oxygen atoms in total. The molecule has 1 fully saturated rings. The van der Waals surface area contributed by atoms with Crippen molar-refractivity contribution < 1.29 is 9.47 Å². The lowest BCUT2D eigenvalue weighted by Gasteiger charge is -2.16. The van der Waals surface area contributed by atoms with Crippen LogP contribution in [0.15, 0.2) is 15.8 Å². The molecular weight excluding hydrogens is 280 g/mol. The summed E-state index contributed by atoms with van der Waals surface area (Å²) in [4.78, 5) is 25.6. The average molecular weight is 300 g/mol. The van der Waals surface area contributed by atoms with E-state index >= 15 is 0 Å². The Hall–Kier alpha value is -1.05. The van der Waals surface area contributed by atoms with Crippen molar-refractivity contribution in [2.45, 2.75) is 45.1 Å². The zero-order chi connectivity index (χ0) is 14.7. The Kier molecular flexibility index (Phi) is 5.06. The quantitative estimate of drug-likeness (QED) is 0.828. The predicted molar refractivity (Wildman–Crippen MR) is 78.1 cm³/mol. The highest BCUT2D eigenvalue weighted by atomic mass is 32.2. The fraction of sp³-hybridized carbons (Fsp3) is 0.692. The number of thioether (sulfide) groups is 1. The second-order valence-electron chi connectivity index (χ2n) is 4.86. The van der Waals surface area contributed by atoms with Crippen molar-refractivity contribution in [2.24, 2.45) is 0 Å². The third-order valence-corrected chi connectivity index (χ3v) is 3.81. The van der Waals surface area contributed by atoms with Gasteiger partial charge in [-0.2, -0.15) is 0 Å². The largest absolute Gasteiger partial charge is 0.365 e. The molecule has 1 aliphatic rings. The summed E-state index contributed by atoms with van der Waals surface area (Å²) in [7, 11) is 0. The molecule has 0 spiro atoms. The van der Waals surface area contributed by atoms with Crippen LogP contribution in [0.25, 0.3) is 0 Å². The third-order valence-electron chi connectivity index (χ3n) is 3.44. The Morgan fingerprint density at radius 2 is 2.30 bits per heavy atom. The normalized spacial score (nSPS) is 26.1. The molecule has 1 aromatic rings. The maximum absolute atomic E-state index is 11.9. The van der Waals surface area contributed by atoms with Crippen molar-refractivity contribution in [2.75, 3.05) is 12.2 Å². The molecule has 1 aromatic heterocycles. The van der Waals surface area contributed by atoms with Gasteiger partial charge < -0.3 is 9.47 Å². The SMILES string of the molecule is CC[C@H]1O[C@@H](n2cc(C)c(=O)[nH]c2=O)CC1OCSC. The molecule has 1 saturated heterocycles. The number of aromatic nitrogens is 2. The van der Waals surface area contributed by atoms with E-state index in [1.165, 1.54) is 4.57 Å². The van der Waals surface area contributed by atoms with Crippen molar-refractivity contribution in [3.05, 3.63) is 32.6 Å². The molecule has 2 heterocycles. The van der Waals surface area contributed by atoms with E-state index in [9.17, 15) is 9.59 Å². The van der Waals surface area contributed by atoms with Crippen LogP contribution in [0.3, 0.4) is 0 Å². The lowest BCUT2D eigenvalue weighted by molar-refractivity contribution is -0.0324. The highest BCUT2D eigenvalue weighted by molar-refractivity contribution is 7.98. The molecule has 7 heteroatoms. The van der Waals surface area contributed by atoms with Gasteiger partial charge in [0.25, 0.3) is 5.56 Å². The van der Waals surface area contributed by atoms with Crippen LogP contribution in [0, 0.1) is 6.92 Å². The van der Waals surface area contributed by atoms with Crippen LogP contribution in [-0.2, 0) is 9.47 Å². The first-order valence-corrected chi connectivity index (χ1v) is 8.04. The average Bonchev–Trinajstić information content (AvgIpc) is 2.83. The molecule has 2 rings (SSSR count). The van der Waals surface area contributed by atoms with Crippen molar-refractivity contribution in [1.82, 2.24) is 9.55 Å². The fourth-order valence-corrected chi connectivity index (χ4v) is 2.68. The number of nitrogens with zero attached hydrogens (tertiary/aromatic N) is 1. The molecule has 20 heavy (non-hydrogen) atoms. The zero-order valence-corrected chi connectivity index (χ0v) is 12.7. The number of hydrogen-bond donors (Lipinski definition) is 1. The Bertz CT molecular complexity index is 568. The minimum absolute atomic E-state index is 0.0171. The molecular formula is C13H20N2O4S. The van der Waals surface area contributed by atoms with E-state index in [1.807, 2.05) is 13.2 Å². The first kappa shape index (κ1) is 15.3. The van der Waals surface area contributed by atoms with Gasteiger partial charge in [0.1, 0.15) is 6.23 Å². The summed E-state index contributed by atoms with van der Waals surface area (Å²) >= 11 is 1.61. The fourth-order valence-electron chi connectivity index (χ4n) is 2.36. The Balaban J connectivity index is 2.20. The van der Waals surface area contributed by atoms with E-state index in [-0.39, 0.29) is 24.0 Å². The molecule has 0 amide bonds. The van der Waals surface area contributed by atoms with Gasteiger partial charge in [-0.1, -0.05) is 6.92 Å². The van der Waals surface area contributed by atoms with Crippen LogP contribution >= 0.6 is 11.8 Å². The van der Waals surface area contributed by atoms with Gasteiger partial charge >= 0.3 is 5.69 Å². The van der Waals surface area contributed by atoms with Crippen LogP contribution in [0.1, 0.15) is 31.6 Å². The second-order valence-corrected chi connectivity index (χ2v) is 5.68. The van der Waals surface area contributed by atoms with Gasteiger partial charge in [-0.25, -0.2) is 4.79 Å². The molecule has 1 aliphatic heterocycles. The van der Waals surface area contributed by atoms with Crippen LogP contribution in [-0.4, -0.2) is 34.0 Å². The predicted octanol–water partition coefficient (Wildman–Crippen LogP) is 1.25. The molecule has 0 aliphatic carbocycles. The van der Waals surface area contributed by atoms with Crippen LogP contribution in [0.2, 0.25) is 0 Å². The van der Waals surface area contributed by atoms with Crippen LogP contribution < -0.4 is 11.2 Å². The van der Waals surface area contributed by atoms with Gasteiger partial charge in [-0.3, -0.25) is 14.3 Å². The standard InChI is InChI=1S/C13H20N2O4S/c1-4-9-10(18-7-20-3)5-11(19-9)15-6-8(2)12(16)14-13(15)17/h6,9-11H,4-5,7H2,1-3H3,(H,14,16,17)/t9-,10?,11-/m1/s1. The number of ether oxygens (including phenoxy) is 2. The van der Waals surface area contributed by atoms with Gasteiger partial charge in [-0.15, -0.1) is 11.8 Å². The molecule has 3 atom stereocenters. The van der Waals surface area contributed by atoms with E-state index in [4.69, 9.17) is 9.47 Å². The van der Waals surface area contributed by atoms with Crippen LogP contribution in [0.5, 0.6) is 0 Å². The lowest BCUT2D eigenvalue weighted by atomic mass is 10.1. The number of H-pyrrole nitrogens is 1. The Labute approximate surface area is 121 Å². The Morgan fingerprint density at radius 3 is 2.95 bits per heavy atom. The summed E-state index contributed by atoms with van der Waals surface area (Å²) in [6.07, 6.45) is 4.55. The smallest absolute Gasteiger partial charge is 0.330 e. The van der Waals surface area contributed by atoms with Crippen molar-refractivity contribution in [3.8, 4) is 0 Å². The van der Waals surface area contributed by atoms with Gasteiger partial charge in [-0.05, 0) is 19.6 Å². The first-order valence-electron chi connectivity index (χ1n) is 6.64. The summed E-state index contributed by atoms with van der Waals surface area (Å²) in [6.45, 7) is 3.70. The monoisotopic (exact) mass is 300 g/mol. The van der Waals surface area contributed by atoms with Crippen molar-refractivity contribution >= 4 is 11.8 Å². The van der Waals surface area contributed by atoms with E-state index < -0.39 is 5.69 Å². The van der Waals surface area contributed by atoms with Gasteiger partial charge in [0, 0.05) is 18.2 Å². The van der Waals surface area contributed by atoms with Gasteiger partial charge in [0.05, 0.1) is 18.1 Å². The number of nitrogens with one attached hydrogen (secondary N) is 1. The summed E-state index contributed by atoms with van der Waals surface area (Å²) < 4.78 is 13.1. The van der Waals surface area contributed by atoms with Crippen molar-refractivity contribution in [3.63, 3.8) is 0 Å². The minimum Gasteiger partial charge on any atom is -0.365 e. The Morgan fingerprint density at radius 1 is 1.55 bits per heavy atom. The molecule has 1 N–H and O–H groups in total. The molecule has 0 radical (unpaired) electrons. The number of aromatic amines is 1. The first-order chi connectivity index (χ1) is 9.56. The maximum atomic E-state index is 11.9. The summed E-state index contributed by atoms with van der Waals surface area (Å²) in [5, 5.41) is 0. The topological polar surface area (TPSA) is 73.3 Å². The summed E-state index contributed by atoms with van der Waals surface area (Å²) in [6, 6.07) is 0. The molecule has 0 aromatic carbocycles. The van der Waals surface area contributed by atoms with Crippen LogP contribution in [0.4, 0.5) is 0 Å². The maximum Gasteiger partial charge on any atom is 0.330 e. The second kappa shape index (κ2) is 6.60. The van der Waals surface area contributed by atoms with E-state index in [0.29, 0.717) is 17.9 Å². The highest BCUT2D eigenvalue weighted by Crippen LogP contribution is 2.31. The van der Waals surface area contributed by atoms with Gasteiger partial charge in [0.2, 0.25) is 0 Å². The lowest BCUT2D eigenvalue weighted by Crippen LogP contribution is -2.33. The zero-order valence-electron chi connectivity index (χ0n) is 11.9. The van der Waals surface area contributed by atoms with E-state index in [1.54, 1.807) is 24.9 Å². The number of rotatable bonds is 5. The highest BCUT2D eigenvalue weighted by Gasteiger charge is 2.36. The molecule has 112 valence electrons.